The van der Waals surface area contributed by atoms with Crippen molar-refractivity contribution in [1.29, 1.82) is 0 Å². The molecule has 7 heteroatoms. The van der Waals surface area contributed by atoms with Gasteiger partial charge >= 0.3 is 6.18 Å². The fraction of sp³-hybridized carbons (Fsp3) is 0.643. The van der Waals surface area contributed by atoms with Crippen LogP contribution in [0, 0.1) is 5.92 Å². The van der Waals surface area contributed by atoms with Gasteiger partial charge in [0.15, 0.2) is 0 Å². The molecule has 0 amide bonds. The normalized spacial score (nSPS) is 12.0. The molecule has 1 aromatic rings. The van der Waals surface area contributed by atoms with Crippen molar-refractivity contribution in [3.63, 3.8) is 0 Å². The second-order valence-corrected chi connectivity index (χ2v) is 5.31. The largest absolute Gasteiger partial charge is 0.405 e. The molecule has 0 fully saturated rings. The van der Waals surface area contributed by atoms with Crippen LogP contribution in [0.15, 0.2) is 18.3 Å². The van der Waals surface area contributed by atoms with E-state index >= 15 is 0 Å². The molecule has 0 saturated heterocycles. The van der Waals surface area contributed by atoms with Gasteiger partial charge in [0.2, 0.25) is 0 Å². The molecule has 1 rings (SSSR count). The van der Waals surface area contributed by atoms with Gasteiger partial charge in [0.1, 0.15) is 12.4 Å². The first kappa shape index (κ1) is 17.7. The number of alkyl halides is 3. The third-order valence-corrected chi connectivity index (χ3v) is 2.75. The van der Waals surface area contributed by atoms with Crippen LogP contribution in [0.25, 0.3) is 0 Å². The summed E-state index contributed by atoms with van der Waals surface area (Å²) in [6.07, 6.45) is -2.77. The minimum absolute atomic E-state index is 0.0997. The van der Waals surface area contributed by atoms with E-state index in [0.29, 0.717) is 12.5 Å². The van der Waals surface area contributed by atoms with Crippen LogP contribution in [-0.4, -0.2) is 42.5 Å². The molecule has 0 spiro atoms. The average Bonchev–Trinajstić information content (AvgIpc) is 2.37. The van der Waals surface area contributed by atoms with Crippen LogP contribution in [0.1, 0.15) is 19.4 Å². The van der Waals surface area contributed by atoms with E-state index in [1.807, 2.05) is 0 Å². The van der Waals surface area contributed by atoms with Crippen LogP contribution in [0.4, 0.5) is 19.0 Å². The highest BCUT2D eigenvalue weighted by Gasteiger charge is 2.31. The van der Waals surface area contributed by atoms with Gasteiger partial charge in [-0.05, 0) is 24.1 Å². The van der Waals surface area contributed by atoms with Crippen LogP contribution >= 0.6 is 0 Å². The third kappa shape index (κ3) is 7.29. The second kappa shape index (κ2) is 8.19. The lowest BCUT2D eigenvalue weighted by atomic mass is 10.2. The predicted octanol–water partition coefficient (Wildman–Crippen LogP) is 2.19. The van der Waals surface area contributed by atoms with Crippen LogP contribution in [-0.2, 0) is 6.54 Å². The molecule has 0 aliphatic heterocycles. The molecule has 0 aliphatic carbocycles. The van der Waals surface area contributed by atoms with E-state index in [1.54, 1.807) is 18.3 Å². The maximum atomic E-state index is 12.5. The van der Waals surface area contributed by atoms with Crippen molar-refractivity contribution in [2.75, 3.05) is 31.1 Å². The fourth-order valence-corrected chi connectivity index (χ4v) is 1.83. The van der Waals surface area contributed by atoms with E-state index in [0.717, 1.165) is 17.0 Å². The molecular weight excluding hydrogens is 283 g/mol. The smallest absolute Gasteiger partial charge is 0.395 e. The lowest BCUT2D eigenvalue weighted by Crippen LogP contribution is -2.36. The van der Waals surface area contributed by atoms with Gasteiger partial charge in [-0.25, -0.2) is 4.98 Å². The van der Waals surface area contributed by atoms with Gasteiger partial charge in [-0.1, -0.05) is 19.9 Å². The molecule has 0 radical (unpaired) electrons. The Kier molecular flexibility index (Phi) is 6.91. The fourth-order valence-electron chi connectivity index (χ4n) is 1.83. The molecule has 0 unspecified atom stereocenters. The van der Waals surface area contributed by atoms with Crippen molar-refractivity contribution in [3.05, 3.63) is 23.9 Å². The molecule has 120 valence electrons. The number of hydrogen-bond acceptors (Lipinski definition) is 4. The summed E-state index contributed by atoms with van der Waals surface area (Å²) in [4.78, 5) is 5.07. The van der Waals surface area contributed by atoms with Gasteiger partial charge < -0.3 is 15.3 Å². The highest BCUT2D eigenvalue weighted by molar-refractivity contribution is 5.39. The average molecular weight is 305 g/mol. The minimum Gasteiger partial charge on any atom is -0.395 e. The quantitative estimate of drug-likeness (QED) is 0.773. The first-order valence-corrected chi connectivity index (χ1v) is 6.90. The number of pyridine rings is 1. The SMILES string of the molecule is CC(C)CNCc1ccc(N(CCO)CC(F)(F)F)nc1. The van der Waals surface area contributed by atoms with E-state index in [4.69, 9.17) is 5.11 Å². The van der Waals surface area contributed by atoms with E-state index in [2.05, 4.69) is 24.1 Å². The van der Waals surface area contributed by atoms with Crippen molar-refractivity contribution >= 4 is 5.82 Å². The van der Waals surface area contributed by atoms with Gasteiger partial charge in [-0.3, -0.25) is 0 Å². The molecule has 1 aromatic heterocycles. The molecule has 0 bridgehead atoms. The number of hydrogen-bond donors (Lipinski definition) is 2. The Balaban J connectivity index is 2.64. The van der Waals surface area contributed by atoms with Crippen LogP contribution in [0.5, 0.6) is 0 Å². The van der Waals surface area contributed by atoms with Gasteiger partial charge in [0, 0.05) is 19.3 Å². The summed E-state index contributed by atoms with van der Waals surface area (Å²) in [7, 11) is 0. The molecule has 0 saturated carbocycles. The molecule has 4 nitrogen and oxygen atoms in total. The summed E-state index contributed by atoms with van der Waals surface area (Å²) in [6, 6.07) is 3.30. The summed E-state index contributed by atoms with van der Waals surface area (Å²) in [6.45, 7) is 4.12. The Morgan fingerprint density at radius 3 is 2.52 bits per heavy atom. The number of nitrogens with zero attached hydrogens (tertiary/aromatic N) is 2. The van der Waals surface area contributed by atoms with Gasteiger partial charge in [-0.15, -0.1) is 0 Å². The summed E-state index contributed by atoms with van der Waals surface area (Å²) < 4.78 is 37.4. The number of anilines is 1. The Bertz CT molecular complexity index is 407. The van der Waals surface area contributed by atoms with Gasteiger partial charge in [-0.2, -0.15) is 13.2 Å². The van der Waals surface area contributed by atoms with E-state index in [9.17, 15) is 13.2 Å². The lowest BCUT2D eigenvalue weighted by Gasteiger charge is -2.24. The van der Waals surface area contributed by atoms with Crippen molar-refractivity contribution in [1.82, 2.24) is 10.3 Å². The van der Waals surface area contributed by atoms with Gasteiger partial charge in [0.25, 0.3) is 0 Å². The monoisotopic (exact) mass is 305 g/mol. The summed E-state index contributed by atoms with van der Waals surface area (Å²) in [5.74, 6) is 0.748. The number of rotatable bonds is 8. The molecule has 2 N–H and O–H groups in total. The van der Waals surface area contributed by atoms with E-state index in [1.165, 1.54) is 0 Å². The van der Waals surface area contributed by atoms with Crippen molar-refractivity contribution in [2.45, 2.75) is 26.6 Å². The molecule has 0 aliphatic rings. The summed E-state index contributed by atoms with van der Waals surface area (Å²) >= 11 is 0. The molecule has 0 aromatic carbocycles. The number of aliphatic hydroxyl groups excluding tert-OH is 1. The zero-order valence-corrected chi connectivity index (χ0v) is 12.3. The Morgan fingerprint density at radius 2 is 2.05 bits per heavy atom. The maximum absolute atomic E-state index is 12.5. The predicted molar refractivity (Wildman–Crippen MR) is 76.1 cm³/mol. The van der Waals surface area contributed by atoms with Crippen molar-refractivity contribution < 1.29 is 18.3 Å². The standard InChI is InChI=1S/C14H22F3N3O/c1-11(2)7-18-8-12-3-4-13(19-9-12)20(5-6-21)10-14(15,16)17/h3-4,9,11,18,21H,5-8,10H2,1-2H3. The molecule has 21 heavy (non-hydrogen) atoms. The highest BCUT2D eigenvalue weighted by atomic mass is 19.4. The molecule has 0 atom stereocenters. The zero-order valence-electron chi connectivity index (χ0n) is 12.3. The Labute approximate surface area is 123 Å². The third-order valence-electron chi connectivity index (χ3n) is 2.75. The van der Waals surface area contributed by atoms with E-state index < -0.39 is 12.7 Å². The Hall–Kier alpha value is -1.34. The highest BCUT2D eigenvalue weighted by Crippen LogP contribution is 2.20. The number of aliphatic hydroxyl groups is 1. The topological polar surface area (TPSA) is 48.4 Å². The lowest BCUT2D eigenvalue weighted by molar-refractivity contribution is -0.120. The van der Waals surface area contributed by atoms with Crippen LogP contribution < -0.4 is 10.2 Å². The molecular formula is C14H22F3N3O. The second-order valence-electron chi connectivity index (χ2n) is 5.31. The van der Waals surface area contributed by atoms with Crippen molar-refractivity contribution in [3.8, 4) is 0 Å². The number of aromatic nitrogens is 1. The number of nitrogens with one attached hydrogen (secondary N) is 1. The first-order valence-electron chi connectivity index (χ1n) is 6.90. The summed E-state index contributed by atoms with van der Waals surface area (Å²) in [5, 5.41) is 12.1. The Morgan fingerprint density at radius 1 is 1.33 bits per heavy atom. The van der Waals surface area contributed by atoms with Crippen molar-refractivity contribution in [2.24, 2.45) is 5.92 Å². The van der Waals surface area contributed by atoms with Crippen LogP contribution in [0.3, 0.4) is 0 Å². The number of halogens is 3. The van der Waals surface area contributed by atoms with Crippen LogP contribution in [0.2, 0.25) is 0 Å². The minimum atomic E-state index is -4.33. The van der Waals surface area contributed by atoms with E-state index in [-0.39, 0.29) is 19.0 Å². The van der Waals surface area contributed by atoms with Gasteiger partial charge in [0.05, 0.1) is 6.61 Å². The zero-order chi connectivity index (χ0) is 15.9. The summed E-state index contributed by atoms with van der Waals surface area (Å²) in [5.41, 5.74) is 0.912. The first-order chi connectivity index (χ1) is 9.81. The molecule has 1 heterocycles. The maximum Gasteiger partial charge on any atom is 0.405 e.